The number of aromatic nitrogens is 3. The van der Waals surface area contributed by atoms with Gasteiger partial charge in [-0.05, 0) is 17.5 Å². The lowest BCUT2D eigenvalue weighted by Crippen LogP contribution is -2.32. The molecule has 6 nitrogen and oxygen atoms in total. The highest BCUT2D eigenvalue weighted by Gasteiger charge is 2.21. The summed E-state index contributed by atoms with van der Waals surface area (Å²) in [5.74, 6) is -0.0664. The molecule has 0 aliphatic carbocycles. The predicted octanol–water partition coefficient (Wildman–Crippen LogP) is 1.55. The van der Waals surface area contributed by atoms with E-state index in [1.807, 2.05) is 17.7 Å². The molecule has 0 saturated carbocycles. The Morgan fingerprint density at radius 2 is 2.10 bits per heavy atom. The molecule has 2 aromatic rings. The van der Waals surface area contributed by atoms with Gasteiger partial charge in [0.15, 0.2) is 5.16 Å². The Balaban J connectivity index is 1.78. The molecule has 0 saturated heterocycles. The topological polar surface area (TPSA) is 71.2 Å². The molecule has 1 aliphatic rings. The minimum atomic E-state index is -0.851. The van der Waals surface area contributed by atoms with Crippen LogP contribution in [-0.4, -0.2) is 38.1 Å². The third-order valence-corrected chi connectivity index (χ3v) is 4.56. The Bertz CT molecular complexity index is 671. The number of thioether (sulfide) groups is 1. The van der Waals surface area contributed by atoms with Crippen LogP contribution >= 0.6 is 11.8 Å². The van der Waals surface area contributed by atoms with Crippen LogP contribution in [0.15, 0.2) is 29.4 Å². The number of carboxylic acid groups (broad SMARTS) is 1. The van der Waals surface area contributed by atoms with Gasteiger partial charge in [-0.2, -0.15) is 0 Å². The van der Waals surface area contributed by atoms with E-state index in [1.165, 1.54) is 22.9 Å². The van der Waals surface area contributed by atoms with Crippen LogP contribution in [0.2, 0.25) is 0 Å². The van der Waals surface area contributed by atoms with Crippen LogP contribution in [0.4, 0.5) is 5.95 Å². The summed E-state index contributed by atoms with van der Waals surface area (Å²) in [6.45, 7) is 1.71. The van der Waals surface area contributed by atoms with Crippen LogP contribution in [-0.2, 0) is 24.8 Å². The lowest BCUT2D eigenvalue weighted by molar-refractivity contribution is -0.133. The number of anilines is 1. The van der Waals surface area contributed by atoms with Crippen molar-refractivity contribution < 1.29 is 9.90 Å². The third-order valence-electron chi connectivity index (χ3n) is 3.55. The molecule has 1 aliphatic heterocycles. The first-order valence-electron chi connectivity index (χ1n) is 6.71. The Labute approximate surface area is 126 Å². The van der Waals surface area contributed by atoms with E-state index in [0.29, 0.717) is 5.16 Å². The highest BCUT2D eigenvalue weighted by molar-refractivity contribution is 7.99. The van der Waals surface area contributed by atoms with Gasteiger partial charge in [-0.25, -0.2) is 0 Å². The van der Waals surface area contributed by atoms with Crippen LogP contribution in [0.5, 0.6) is 0 Å². The second-order valence-corrected chi connectivity index (χ2v) is 5.91. The molecular formula is C14H16N4O2S. The molecule has 110 valence electrons. The van der Waals surface area contributed by atoms with E-state index >= 15 is 0 Å². The molecule has 1 aromatic heterocycles. The van der Waals surface area contributed by atoms with E-state index in [-0.39, 0.29) is 5.75 Å². The molecule has 0 atom stereocenters. The minimum Gasteiger partial charge on any atom is -0.481 e. The molecule has 2 heterocycles. The third kappa shape index (κ3) is 2.87. The number of carbonyl (C=O) groups is 1. The number of fused-ring (bicyclic) bond motifs is 1. The SMILES string of the molecule is Cn1c(SCC(=O)O)nnc1N1CCc2ccccc2C1. The summed E-state index contributed by atoms with van der Waals surface area (Å²) in [4.78, 5) is 12.8. The van der Waals surface area contributed by atoms with Gasteiger partial charge >= 0.3 is 5.97 Å². The average molecular weight is 304 g/mol. The Hall–Kier alpha value is -2.02. The van der Waals surface area contributed by atoms with E-state index in [2.05, 4.69) is 33.3 Å². The first kappa shape index (κ1) is 13.9. The molecule has 0 bridgehead atoms. The van der Waals surface area contributed by atoms with Gasteiger partial charge in [-0.15, -0.1) is 10.2 Å². The molecule has 1 aromatic carbocycles. The van der Waals surface area contributed by atoms with Gasteiger partial charge in [-0.1, -0.05) is 36.0 Å². The molecular weight excluding hydrogens is 288 g/mol. The largest absolute Gasteiger partial charge is 0.481 e. The van der Waals surface area contributed by atoms with Crippen molar-refractivity contribution in [2.75, 3.05) is 17.2 Å². The van der Waals surface area contributed by atoms with Crippen molar-refractivity contribution in [2.45, 2.75) is 18.1 Å². The minimum absolute atomic E-state index is 0.00515. The Kier molecular flexibility index (Phi) is 3.83. The van der Waals surface area contributed by atoms with E-state index in [9.17, 15) is 4.79 Å². The van der Waals surface area contributed by atoms with E-state index in [1.54, 1.807) is 0 Å². The molecule has 3 rings (SSSR count). The molecule has 0 spiro atoms. The molecule has 0 radical (unpaired) electrons. The van der Waals surface area contributed by atoms with E-state index in [0.717, 1.165) is 25.5 Å². The van der Waals surface area contributed by atoms with Crippen LogP contribution in [0.3, 0.4) is 0 Å². The summed E-state index contributed by atoms with van der Waals surface area (Å²) < 4.78 is 1.86. The van der Waals surface area contributed by atoms with Gasteiger partial charge in [0.1, 0.15) is 0 Å². The number of hydrogen-bond donors (Lipinski definition) is 1. The molecule has 21 heavy (non-hydrogen) atoms. The van der Waals surface area contributed by atoms with Gasteiger partial charge in [0.25, 0.3) is 0 Å². The number of carboxylic acids is 1. The van der Waals surface area contributed by atoms with Crippen molar-refractivity contribution in [3.05, 3.63) is 35.4 Å². The summed E-state index contributed by atoms with van der Waals surface area (Å²) in [6.07, 6.45) is 0.987. The Morgan fingerprint density at radius 1 is 1.33 bits per heavy atom. The monoisotopic (exact) mass is 304 g/mol. The Morgan fingerprint density at radius 3 is 2.86 bits per heavy atom. The van der Waals surface area contributed by atoms with E-state index < -0.39 is 5.97 Å². The normalized spacial score (nSPS) is 14.0. The summed E-state index contributed by atoms with van der Waals surface area (Å²) in [5, 5.41) is 17.7. The van der Waals surface area contributed by atoms with Gasteiger partial charge in [0.2, 0.25) is 5.95 Å². The van der Waals surface area contributed by atoms with Gasteiger partial charge in [-0.3, -0.25) is 9.36 Å². The number of rotatable bonds is 4. The predicted molar refractivity (Wildman–Crippen MR) is 80.6 cm³/mol. The maximum Gasteiger partial charge on any atom is 0.313 e. The lowest BCUT2D eigenvalue weighted by Gasteiger charge is -2.29. The van der Waals surface area contributed by atoms with Gasteiger partial charge < -0.3 is 10.0 Å². The molecule has 0 amide bonds. The van der Waals surface area contributed by atoms with Crippen molar-refractivity contribution in [3.8, 4) is 0 Å². The second kappa shape index (κ2) is 5.77. The first-order valence-corrected chi connectivity index (χ1v) is 7.69. The van der Waals surface area contributed by atoms with Crippen molar-refractivity contribution in [1.29, 1.82) is 0 Å². The zero-order chi connectivity index (χ0) is 14.8. The van der Waals surface area contributed by atoms with Crippen molar-refractivity contribution in [1.82, 2.24) is 14.8 Å². The van der Waals surface area contributed by atoms with Crippen molar-refractivity contribution in [2.24, 2.45) is 7.05 Å². The van der Waals surface area contributed by atoms with Gasteiger partial charge in [0.05, 0.1) is 5.75 Å². The maximum absolute atomic E-state index is 10.6. The fourth-order valence-electron chi connectivity index (χ4n) is 2.50. The number of benzene rings is 1. The summed E-state index contributed by atoms with van der Waals surface area (Å²) >= 11 is 1.19. The van der Waals surface area contributed by atoms with Gasteiger partial charge in [0, 0.05) is 20.1 Å². The number of aliphatic carboxylic acids is 1. The smallest absolute Gasteiger partial charge is 0.313 e. The molecule has 7 heteroatoms. The quantitative estimate of drug-likeness (QED) is 0.864. The number of nitrogens with zero attached hydrogens (tertiary/aromatic N) is 4. The highest BCUT2D eigenvalue weighted by Crippen LogP contribution is 2.25. The van der Waals surface area contributed by atoms with Crippen LogP contribution < -0.4 is 4.90 Å². The average Bonchev–Trinajstić information content (AvgIpc) is 2.85. The second-order valence-electron chi connectivity index (χ2n) is 4.96. The zero-order valence-electron chi connectivity index (χ0n) is 11.7. The van der Waals surface area contributed by atoms with Crippen LogP contribution in [0.25, 0.3) is 0 Å². The fourth-order valence-corrected chi connectivity index (χ4v) is 3.13. The van der Waals surface area contributed by atoms with Crippen LogP contribution in [0.1, 0.15) is 11.1 Å². The molecule has 0 fully saturated rings. The fraction of sp³-hybridized carbons (Fsp3) is 0.357. The van der Waals surface area contributed by atoms with E-state index in [4.69, 9.17) is 5.11 Å². The lowest BCUT2D eigenvalue weighted by atomic mass is 10.0. The zero-order valence-corrected chi connectivity index (χ0v) is 12.5. The molecule has 1 N–H and O–H groups in total. The summed E-state index contributed by atoms with van der Waals surface area (Å²) in [6, 6.07) is 8.42. The number of hydrogen-bond acceptors (Lipinski definition) is 5. The van der Waals surface area contributed by atoms with Crippen LogP contribution in [0, 0.1) is 0 Å². The highest BCUT2D eigenvalue weighted by atomic mass is 32.2. The van der Waals surface area contributed by atoms with Crippen molar-refractivity contribution in [3.63, 3.8) is 0 Å². The maximum atomic E-state index is 10.6. The standard InChI is InChI=1S/C14H16N4O2S/c1-17-13(15-16-14(17)21-9-12(19)20)18-7-6-10-4-2-3-5-11(10)8-18/h2-5H,6-9H2,1H3,(H,19,20). The summed E-state index contributed by atoms with van der Waals surface area (Å²) in [7, 11) is 1.88. The summed E-state index contributed by atoms with van der Waals surface area (Å²) in [5.41, 5.74) is 2.70. The first-order chi connectivity index (χ1) is 10.1. The van der Waals surface area contributed by atoms with Crippen molar-refractivity contribution >= 4 is 23.7 Å². The molecule has 0 unspecified atom stereocenters.